The van der Waals surface area contributed by atoms with Crippen LogP contribution in [0.1, 0.15) is 27.0 Å². The van der Waals surface area contributed by atoms with Crippen molar-refractivity contribution in [1.82, 2.24) is 9.88 Å². The van der Waals surface area contributed by atoms with Gasteiger partial charge in [0.2, 0.25) is 0 Å². The van der Waals surface area contributed by atoms with Crippen LogP contribution in [0, 0.1) is 11.8 Å². The lowest BCUT2D eigenvalue weighted by molar-refractivity contribution is -0.137. The van der Waals surface area contributed by atoms with Gasteiger partial charge in [-0.2, -0.15) is 13.2 Å². The average molecular weight is 435 g/mol. The van der Waals surface area contributed by atoms with Gasteiger partial charge in [0.25, 0.3) is 5.91 Å². The first-order valence-electron chi connectivity index (χ1n) is 10.2. The number of piperazine rings is 1. The molecule has 0 spiro atoms. The average Bonchev–Trinajstić information content (AvgIpc) is 2.83. The molecule has 1 aliphatic rings. The van der Waals surface area contributed by atoms with Gasteiger partial charge in [-0.05, 0) is 42.5 Å². The third-order valence-corrected chi connectivity index (χ3v) is 5.19. The molecule has 4 nitrogen and oxygen atoms in total. The van der Waals surface area contributed by atoms with Crippen LogP contribution in [0.15, 0.2) is 72.9 Å². The van der Waals surface area contributed by atoms with E-state index >= 15 is 0 Å². The first-order chi connectivity index (χ1) is 15.4. The highest BCUT2D eigenvalue weighted by atomic mass is 19.4. The van der Waals surface area contributed by atoms with Crippen molar-refractivity contribution < 1.29 is 18.0 Å². The summed E-state index contributed by atoms with van der Waals surface area (Å²) in [6, 6.07) is 18.9. The Morgan fingerprint density at radius 2 is 1.53 bits per heavy atom. The predicted molar refractivity (Wildman–Crippen MR) is 116 cm³/mol. The third-order valence-electron chi connectivity index (χ3n) is 5.19. The van der Waals surface area contributed by atoms with Gasteiger partial charge in [-0.3, -0.25) is 4.79 Å². The Hall–Kier alpha value is -3.79. The Kier molecular flexibility index (Phi) is 6.13. The van der Waals surface area contributed by atoms with Crippen LogP contribution in [-0.2, 0) is 6.18 Å². The minimum atomic E-state index is -4.47. The van der Waals surface area contributed by atoms with Gasteiger partial charge in [0.1, 0.15) is 5.82 Å². The molecule has 0 N–H and O–H groups in total. The molecule has 1 fully saturated rings. The summed E-state index contributed by atoms with van der Waals surface area (Å²) in [7, 11) is 0. The molecular weight excluding hydrogens is 415 g/mol. The number of hydrogen-bond acceptors (Lipinski definition) is 3. The number of rotatable bonds is 2. The zero-order chi connectivity index (χ0) is 22.6. The molecule has 2 heterocycles. The van der Waals surface area contributed by atoms with Crippen LogP contribution >= 0.6 is 0 Å². The van der Waals surface area contributed by atoms with E-state index in [0.29, 0.717) is 18.7 Å². The van der Waals surface area contributed by atoms with E-state index in [1.165, 1.54) is 12.3 Å². The molecule has 1 amide bonds. The highest BCUT2D eigenvalue weighted by Crippen LogP contribution is 2.35. The number of halogens is 3. The van der Waals surface area contributed by atoms with Crippen LogP contribution in [0.3, 0.4) is 0 Å². The smallest absolute Gasteiger partial charge is 0.353 e. The molecule has 7 heteroatoms. The Bertz CT molecular complexity index is 1160. The van der Waals surface area contributed by atoms with E-state index in [-0.39, 0.29) is 24.8 Å². The SMILES string of the molecule is O=C(c1cccc(C#Cc2ccccc2)c1)N1CCN(c2ncccc2C(F)(F)F)CC1. The fraction of sp³-hybridized carbons (Fsp3) is 0.200. The summed E-state index contributed by atoms with van der Waals surface area (Å²) < 4.78 is 39.9. The monoisotopic (exact) mass is 435 g/mol. The van der Waals surface area contributed by atoms with Gasteiger partial charge in [0.15, 0.2) is 0 Å². The first-order valence-corrected chi connectivity index (χ1v) is 10.2. The maximum absolute atomic E-state index is 13.3. The maximum Gasteiger partial charge on any atom is 0.419 e. The second-order valence-corrected chi connectivity index (χ2v) is 7.35. The van der Waals surface area contributed by atoms with Crippen molar-refractivity contribution in [3.63, 3.8) is 0 Å². The van der Waals surface area contributed by atoms with Gasteiger partial charge >= 0.3 is 6.18 Å². The number of benzene rings is 2. The van der Waals surface area contributed by atoms with Crippen molar-refractivity contribution in [3.05, 3.63) is 95.2 Å². The molecule has 0 atom stereocenters. The molecule has 1 aliphatic heterocycles. The normalized spacial score (nSPS) is 14.0. The number of carbonyl (C=O) groups is 1. The van der Waals surface area contributed by atoms with Crippen molar-refractivity contribution in [2.45, 2.75) is 6.18 Å². The minimum absolute atomic E-state index is 0.0923. The van der Waals surface area contributed by atoms with Crippen LogP contribution in [0.5, 0.6) is 0 Å². The molecule has 3 aromatic rings. The molecule has 1 aromatic heterocycles. The van der Waals surface area contributed by atoms with Gasteiger partial charge in [-0.15, -0.1) is 0 Å². The lowest BCUT2D eigenvalue weighted by Crippen LogP contribution is -2.49. The molecule has 32 heavy (non-hydrogen) atoms. The highest BCUT2D eigenvalue weighted by Gasteiger charge is 2.36. The van der Waals surface area contributed by atoms with Crippen LogP contribution in [-0.4, -0.2) is 42.0 Å². The van der Waals surface area contributed by atoms with E-state index < -0.39 is 11.7 Å². The minimum Gasteiger partial charge on any atom is -0.353 e. The van der Waals surface area contributed by atoms with E-state index in [2.05, 4.69) is 16.8 Å². The quantitative estimate of drug-likeness (QED) is 0.558. The number of alkyl halides is 3. The van der Waals surface area contributed by atoms with E-state index in [1.54, 1.807) is 28.0 Å². The molecule has 0 radical (unpaired) electrons. The van der Waals surface area contributed by atoms with Crippen molar-refractivity contribution in [2.24, 2.45) is 0 Å². The van der Waals surface area contributed by atoms with E-state index in [9.17, 15) is 18.0 Å². The molecule has 2 aromatic carbocycles. The summed E-state index contributed by atoms with van der Waals surface area (Å²) in [4.78, 5) is 20.1. The predicted octanol–water partition coefficient (Wildman–Crippen LogP) is 4.46. The second kappa shape index (κ2) is 9.15. The summed E-state index contributed by atoms with van der Waals surface area (Å²) >= 11 is 0. The van der Waals surface area contributed by atoms with Crippen molar-refractivity contribution >= 4 is 11.7 Å². The summed E-state index contributed by atoms with van der Waals surface area (Å²) in [5.74, 6) is 5.88. The fourth-order valence-corrected chi connectivity index (χ4v) is 3.57. The topological polar surface area (TPSA) is 36.4 Å². The van der Waals surface area contributed by atoms with Gasteiger partial charge < -0.3 is 9.80 Å². The number of amides is 1. The van der Waals surface area contributed by atoms with Crippen molar-refractivity contribution in [3.8, 4) is 11.8 Å². The molecule has 4 rings (SSSR count). The lowest BCUT2D eigenvalue weighted by Gasteiger charge is -2.36. The summed E-state index contributed by atoms with van der Waals surface area (Å²) in [6.07, 6.45) is -3.12. The van der Waals surface area contributed by atoms with E-state index in [0.717, 1.165) is 17.2 Å². The number of pyridine rings is 1. The zero-order valence-corrected chi connectivity index (χ0v) is 17.1. The summed E-state index contributed by atoms with van der Waals surface area (Å²) in [5.41, 5.74) is 1.35. The third kappa shape index (κ3) is 4.92. The molecule has 0 unspecified atom stereocenters. The van der Waals surface area contributed by atoms with Crippen molar-refractivity contribution in [2.75, 3.05) is 31.1 Å². The number of hydrogen-bond donors (Lipinski definition) is 0. The Labute approximate surface area is 184 Å². The first kappa shape index (κ1) is 21.4. The highest BCUT2D eigenvalue weighted by molar-refractivity contribution is 5.94. The number of aromatic nitrogens is 1. The number of carbonyl (C=O) groups excluding carboxylic acids is 1. The Morgan fingerprint density at radius 3 is 2.25 bits per heavy atom. The van der Waals surface area contributed by atoms with Crippen LogP contribution in [0.2, 0.25) is 0 Å². The van der Waals surface area contributed by atoms with Gasteiger partial charge in [-0.25, -0.2) is 4.98 Å². The lowest BCUT2D eigenvalue weighted by atomic mass is 10.1. The van der Waals surface area contributed by atoms with Gasteiger partial charge in [0.05, 0.1) is 5.56 Å². The second-order valence-electron chi connectivity index (χ2n) is 7.35. The van der Waals surface area contributed by atoms with E-state index in [1.807, 2.05) is 36.4 Å². The fourth-order valence-electron chi connectivity index (χ4n) is 3.57. The van der Waals surface area contributed by atoms with Crippen LogP contribution < -0.4 is 4.90 Å². The Morgan fingerprint density at radius 1 is 0.844 bits per heavy atom. The molecular formula is C25H20F3N3O. The van der Waals surface area contributed by atoms with Crippen LogP contribution in [0.4, 0.5) is 19.0 Å². The number of anilines is 1. The summed E-state index contributed by atoms with van der Waals surface area (Å²) in [5, 5.41) is 0. The standard InChI is InChI=1S/C25H20F3N3O/c26-25(27,28)22-10-5-13-29-23(22)30-14-16-31(17-15-30)24(32)21-9-4-8-20(18-21)12-11-19-6-2-1-3-7-19/h1-10,13,18H,14-17H2. The molecule has 1 saturated heterocycles. The van der Waals surface area contributed by atoms with Crippen molar-refractivity contribution in [1.29, 1.82) is 0 Å². The molecule has 0 bridgehead atoms. The van der Waals surface area contributed by atoms with Gasteiger partial charge in [0, 0.05) is 49.1 Å². The molecule has 0 aliphatic carbocycles. The number of nitrogens with zero attached hydrogens (tertiary/aromatic N) is 3. The van der Waals surface area contributed by atoms with E-state index in [4.69, 9.17) is 0 Å². The summed E-state index contributed by atoms with van der Waals surface area (Å²) in [6.45, 7) is 1.18. The van der Waals surface area contributed by atoms with Crippen LogP contribution in [0.25, 0.3) is 0 Å². The zero-order valence-electron chi connectivity index (χ0n) is 17.1. The Balaban J connectivity index is 1.44. The van der Waals surface area contributed by atoms with Gasteiger partial charge in [-0.1, -0.05) is 36.1 Å². The largest absolute Gasteiger partial charge is 0.419 e. The maximum atomic E-state index is 13.3. The molecule has 162 valence electrons. The molecule has 0 saturated carbocycles.